The number of hydrogen-bond acceptors (Lipinski definition) is 3. The summed E-state index contributed by atoms with van der Waals surface area (Å²) in [5, 5.41) is 11.1. The van der Waals surface area contributed by atoms with Crippen molar-refractivity contribution in [2.24, 2.45) is 0 Å². The van der Waals surface area contributed by atoms with Crippen LogP contribution in [0.2, 0.25) is 0 Å². The average molecular weight is 299 g/mol. The Labute approximate surface area is 109 Å². The highest BCUT2D eigenvalue weighted by atomic mass is 79.9. The van der Waals surface area contributed by atoms with Crippen LogP contribution in [-0.4, -0.2) is 18.0 Å². The maximum atomic E-state index is 11.1. The van der Waals surface area contributed by atoms with Crippen molar-refractivity contribution >= 4 is 27.3 Å². The molecule has 2 rings (SSSR count). The lowest BCUT2D eigenvalue weighted by molar-refractivity contribution is -0.384. The lowest BCUT2D eigenvalue weighted by atomic mass is 10.1. The van der Waals surface area contributed by atoms with Crippen LogP contribution < -0.4 is 4.90 Å². The van der Waals surface area contributed by atoms with E-state index in [1.807, 2.05) is 13.0 Å². The Balaban J connectivity index is 2.46. The molecule has 0 amide bonds. The average Bonchev–Trinajstić information content (AvgIpc) is 2.29. The summed E-state index contributed by atoms with van der Waals surface area (Å²) in [6, 6.07) is 3.59. The van der Waals surface area contributed by atoms with E-state index in [0.717, 1.165) is 41.7 Å². The minimum Gasteiger partial charge on any atom is -0.365 e. The number of nitro benzene ring substituents is 1. The van der Waals surface area contributed by atoms with Gasteiger partial charge in [-0.1, -0.05) is 0 Å². The van der Waals surface area contributed by atoms with Gasteiger partial charge < -0.3 is 4.90 Å². The van der Waals surface area contributed by atoms with Gasteiger partial charge in [0.25, 0.3) is 5.69 Å². The van der Waals surface area contributed by atoms with Crippen LogP contribution in [0.1, 0.15) is 24.8 Å². The number of anilines is 1. The number of rotatable bonds is 2. The molecule has 0 N–H and O–H groups in total. The van der Waals surface area contributed by atoms with E-state index in [1.54, 1.807) is 6.07 Å². The van der Waals surface area contributed by atoms with Gasteiger partial charge in [-0.2, -0.15) is 0 Å². The largest absolute Gasteiger partial charge is 0.365 e. The van der Waals surface area contributed by atoms with Crippen molar-refractivity contribution in [2.75, 3.05) is 18.0 Å². The molecule has 4 nitrogen and oxygen atoms in total. The highest BCUT2D eigenvalue weighted by Crippen LogP contribution is 2.38. The monoisotopic (exact) mass is 298 g/mol. The molecule has 0 atom stereocenters. The van der Waals surface area contributed by atoms with E-state index in [2.05, 4.69) is 20.8 Å². The zero-order valence-corrected chi connectivity index (χ0v) is 11.4. The van der Waals surface area contributed by atoms with Crippen LogP contribution in [-0.2, 0) is 0 Å². The first-order valence-electron chi connectivity index (χ1n) is 5.79. The molecule has 1 saturated heterocycles. The number of nitrogens with zero attached hydrogens (tertiary/aromatic N) is 2. The molecule has 1 aliphatic heterocycles. The normalized spacial score (nSPS) is 16.0. The molecule has 0 aromatic heterocycles. The predicted octanol–water partition coefficient (Wildman–Crippen LogP) is 3.66. The number of aryl methyl sites for hydroxylation is 1. The summed E-state index contributed by atoms with van der Waals surface area (Å²) < 4.78 is 0.825. The number of piperidine rings is 1. The topological polar surface area (TPSA) is 46.4 Å². The summed E-state index contributed by atoms with van der Waals surface area (Å²) in [7, 11) is 0. The third-order valence-corrected chi connectivity index (χ3v) is 3.66. The van der Waals surface area contributed by atoms with E-state index in [9.17, 15) is 10.1 Å². The smallest absolute Gasteiger partial charge is 0.293 e. The summed E-state index contributed by atoms with van der Waals surface area (Å²) >= 11 is 3.46. The molecule has 0 saturated carbocycles. The van der Waals surface area contributed by atoms with Gasteiger partial charge in [0.05, 0.1) is 4.92 Å². The fraction of sp³-hybridized carbons (Fsp3) is 0.500. The first kappa shape index (κ1) is 12.4. The van der Waals surface area contributed by atoms with Crippen LogP contribution >= 0.6 is 15.9 Å². The van der Waals surface area contributed by atoms with Crippen LogP contribution in [0, 0.1) is 17.0 Å². The van der Waals surface area contributed by atoms with E-state index < -0.39 is 0 Å². The van der Waals surface area contributed by atoms with Gasteiger partial charge >= 0.3 is 0 Å². The SMILES string of the molecule is Cc1cc(Br)c(N2CCCCC2)c([N+](=O)[O-])c1. The Morgan fingerprint density at radius 3 is 2.53 bits per heavy atom. The molecule has 1 aromatic carbocycles. The maximum absolute atomic E-state index is 11.1. The van der Waals surface area contributed by atoms with Crippen LogP contribution in [0.15, 0.2) is 16.6 Å². The van der Waals surface area contributed by atoms with E-state index >= 15 is 0 Å². The van der Waals surface area contributed by atoms with Crippen molar-refractivity contribution in [2.45, 2.75) is 26.2 Å². The molecule has 0 radical (unpaired) electrons. The summed E-state index contributed by atoms with van der Waals surface area (Å²) in [6.45, 7) is 3.68. The molecule has 0 aliphatic carbocycles. The van der Waals surface area contributed by atoms with Crippen molar-refractivity contribution in [3.8, 4) is 0 Å². The Morgan fingerprint density at radius 2 is 1.94 bits per heavy atom. The Bertz CT molecular complexity index is 442. The van der Waals surface area contributed by atoms with Gasteiger partial charge in [-0.3, -0.25) is 10.1 Å². The van der Waals surface area contributed by atoms with E-state index in [1.165, 1.54) is 6.42 Å². The molecule has 0 spiro atoms. The number of halogens is 1. The van der Waals surface area contributed by atoms with Crippen LogP contribution in [0.25, 0.3) is 0 Å². The number of hydrogen-bond donors (Lipinski definition) is 0. The molecule has 1 aliphatic rings. The summed E-state index contributed by atoms with van der Waals surface area (Å²) in [5.74, 6) is 0. The van der Waals surface area contributed by atoms with Gasteiger partial charge in [-0.15, -0.1) is 0 Å². The fourth-order valence-corrected chi connectivity index (χ4v) is 3.10. The first-order chi connectivity index (χ1) is 8.09. The minimum atomic E-state index is -0.290. The van der Waals surface area contributed by atoms with Gasteiger partial charge in [0.15, 0.2) is 0 Å². The Morgan fingerprint density at radius 1 is 1.29 bits per heavy atom. The molecule has 92 valence electrons. The second-order valence-electron chi connectivity index (χ2n) is 4.42. The standard InChI is InChI=1S/C12H15BrN2O2/c1-9-7-10(13)12(11(8-9)15(16)17)14-5-3-2-4-6-14/h7-8H,2-6H2,1H3. The second-order valence-corrected chi connectivity index (χ2v) is 5.27. The van der Waals surface area contributed by atoms with E-state index in [0.29, 0.717) is 0 Å². The zero-order chi connectivity index (χ0) is 12.4. The molecule has 1 fully saturated rings. The fourth-order valence-electron chi connectivity index (χ4n) is 2.29. The maximum Gasteiger partial charge on any atom is 0.293 e. The zero-order valence-electron chi connectivity index (χ0n) is 9.78. The molecule has 1 aromatic rings. The highest BCUT2D eigenvalue weighted by Gasteiger charge is 2.24. The van der Waals surface area contributed by atoms with E-state index in [4.69, 9.17) is 0 Å². The summed E-state index contributed by atoms with van der Waals surface area (Å²) in [6.07, 6.45) is 3.43. The van der Waals surface area contributed by atoms with Crippen molar-refractivity contribution in [1.29, 1.82) is 0 Å². The molecule has 17 heavy (non-hydrogen) atoms. The van der Waals surface area contributed by atoms with E-state index in [-0.39, 0.29) is 10.6 Å². The van der Waals surface area contributed by atoms with Crippen molar-refractivity contribution in [3.05, 3.63) is 32.3 Å². The third kappa shape index (κ3) is 2.60. The molecule has 1 heterocycles. The van der Waals surface area contributed by atoms with Gasteiger partial charge in [0.1, 0.15) is 5.69 Å². The summed E-state index contributed by atoms with van der Waals surface area (Å²) in [5.41, 5.74) is 1.85. The Kier molecular flexibility index (Phi) is 3.66. The highest BCUT2D eigenvalue weighted by molar-refractivity contribution is 9.10. The third-order valence-electron chi connectivity index (χ3n) is 3.06. The van der Waals surface area contributed by atoms with Gasteiger partial charge in [-0.25, -0.2) is 0 Å². The molecule has 0 unspecified atom stereocenters. The van der Waals surface area contributed by atoms with Crippen molar-refractivity contribution in [3.63, 3.8) is 0 Å². The lowest BCUT2D eigenvalue weighted by Gasteiger charge is -2.29. The van der Waals surface area contributed by atoms with Crippen LogP contribution in [0.3, 0.4) is 0 Å². The van der Waals surface area contributed by atoms with Gasteiger partial charge in [0.2, 0.25) is 0 Å². The number of nitro groups is 1. The van der Waals surface area contributed by atoms with Gasteiger partial charge in [-0.05, 0) is 53.7 Å². The molecular formula is C12H15BrN2O2. The molecule has 0 bridgehead atoms. The Hall–Kier alpha value is -1.10. The van der Waals surface area contributed by atoms with Gasteiger partial charge in [0, 0.05) is 23.6 Å². The second kappa shape index (κ2) is 5.04. The van der Waals surface area contributed by atoms with Crippen LogP contribution in [0.5, 0.6) is 0 Å². The molecule has 5 heteroatoms. The van der Waals surface area contributed by atoms with Crippen LogP contribution in [0.4, 0.5) is 11.4 Å². The number of benzene rings is 1. The van der Waals surface area contributed by atoms with Crippen molar-refractivity contribution < 1.29 is 4.92 Å². The van der Waals surface area contributed by atoms with Crippen molar-refractivity contribution in [1.82, 2.24) is 0 Å². The minimum absolute atomic E-state index is 0.207. The quantitative estimate of drug-likeness (QED) is 0.618. The summed E-state index contributed by atoms with van der Waals surface area (Å²) in [4.78, 5) is 13.0. The lowest BCUT2D eigenvalue weighted by Crippen LogP contribution is -2.30. The predicted molar refractivity (Wildman–Crippen MR) is 71.6 cm³/mol. The molecular weight excluding hydrogens is 284 g/mol. The first-order valence-corrected chi connectivity index (χ1v) is 6.58.